The van der Waals surface area contributed by atoms with Crippen LogP contribution in [-0.2, 0) is 32.7 Å². The molecule has 0 radical (unpaired) electrons. The highest BCUT2D eigenvalue weighted by Crippen LogP contribution is 2.23. The molecule has 2 aromatic heterocycles. The number of carbonyl (C=O) groups is 1. The van der Waals surface area contributed by atoms with Gasteiger partial charge in [0, 0.05) is 6.54 Å². The van der Waals surface area contributed by atoms with E-state index in [-0.39, 0.29) is 30.3 Å². The zero-order valence-electron chi connectivity index (χ0n) is 17.8. The summed E-state index contributed by atoms with van der Waals surface area (Å²) >= 11 is 0. The quantitative estimate of drug-likeness (QED) is 0.475. The van der Waals surface area contributed by atoms with Gasteiger partial charge in [-0.25, -0.2) is 13.4 Å². The van der Waals surface area contributed by atoms with E-state index in [9.17, 15) is 18.0 Å². The van der Waals surface area contributed by atoms with Crippen LogP contribution in [0.5, 0.6) is 0 Å². The number of hydrogen-bond acceptors (Lipinski definition) is 7. The number of rotatable bonds is 8. The molecule has 0 spiro atoms. The highest BCUT2D eigenvalue weighted by atomic mass is 32.2. The number of fused-ring (bicyclic) bond motifs is 1. The summed E-state index contributed by atoms with van der Waals surface area (Å²) in [6.07, 6.45) is 2.99. The standard InChI is InChI=1S/C22H25N3O6S/c1-2-13-32(28,29)25-11-5-10-19(25)22(27)31-15-20-23-18-9-4-3-8-17(18)21(26)24(20)14-16-7-6-12-30-16/h3-4,6-9,12,19H,2,5,10-11,13-15H2,1H3/t19-/m1/s1. The van der Waals surface area contributed by atoms with Crippen LogP contribution in [0, 0.1) is 0 Å². The topological polar surface area (TPSA) is 112 Å². The van der Waals surface area contributed by atoms with Crippen molar-refractivity contribution < 1.29 is 22.4 Å². The van der Waals surface area contributed by atoms with E-state index >= 15 is 0 Å². The first kappa shape index (κ1) is 22.2. The van der Waals surface area contributed by atoms with Crippen LogP contribution in [0.25, 0.3) is 10.9 Å². The second-order valence-corrected chi connectivity index (χ2v) is 9.75. The number of sulfonamides is 1. The van der Waals surface area contributed by atoms with Gasteiger partial charge < -0.3 is 9.15 Å². The number of hydrogen-bond donors (Lipinski definition) is 0. The molecule has 1 aliphatic heterocycles. The molecular weight excluding hydrogens is 434 g/mol. The molecule has 10 heteroatoms. The fourth-order valence-corrected chi connectivity index (χ4v) is 5.70. The number of esters is 1. The van der Waals surface area contributed by atoms with Crippen molar-refractivity contribution in [3.8, 4) is 0 Å². The van der Waals surface area contributed by atoms with Crippen molar-refractivity contribution in [2.24, 2.45) is 0 Å². The number of ether oxygens (including phenoxy) is 1. The fourth-order valence-electron chi connectivity index (χ4n) is 3.96. The van der Waals surface area contributed by atoms with Crippen molar-refractivity contribution in [2.75, 3.05) is 12.3 Å². The average molecular weight is 460 g/mol. The SMILES string of the molecule is CCCS(=O)(=O)N1CCC[C@@H]1C(=O)OCc1nc2ccccc2c(=O)n1Cc1ccco1. The molecule has 0 N–H and O–H groups in total. The van der Waals surface area contributed by atoms with Gasteiger partial charge in [0.2, 0.25) is 10.0 Å². The first-order valence-corrected chi connectivity index (χ1v) is 12.2. The molecule has 0 amide bonds. The Hall–Kier alpha value is -2.98. The van der Waals surface area contributed by atoms with E-state index in [0.29, 0.717) is 42.5 Å². The van der Waals surface area contributed by atoms with E-state index in [1.54, 1.807) is 43.3 Å². The molecule has 0 saturated carbocycles. The molecule has 3 aromatic rings. The molecule has 1 atom stereocenters. The second kappa shape index (κ2) is 9.25. The molecule has 1 saturated heterocycles. The van der Waals surface area contributed by atoms with Crippen LogP contribution in [0.3, 0.4) is 0 Å². The van der Waals surface area contributed by atoms with Crippen molar-refractivity contribution in [1.82, 2.24) is 13.9 Å². The summed E-state index contributed by atoms with van der Waals surface area (Å²) in [5, 5.41) is 0.446. The first-order valence-electron chi connectivity index (χ1n) is 10.6. The van der Waals surface area contributed by atoms with Crippen LogP contribution in [0.15, 0.2) is 51.9 Å². The van der Waals surface area contributed by atoms with E-state index in [1.165, 1.54) is 15.1 Å². The van der Waals surface area contributed by atoms with Gasteiger partial charge in [0.1, 0.15) is 18.4 Å². The van der Waals surface area contributed by atoms with Crippen LogP contribution in [0.4, 0.5) is 0 Å². The monoisotopic (exact) mass is 459 g/mol. The molecule has 9 nitrogen and oxygen atoms in total. The number of nitrogens with zero attached hydrogens (tertiary/aromatic N) is 3. The minimum atomic E-state index is -3.52. The summed E-state index contributed by atoms with van der Waals surface area (Å²) in [5.74, 6) is 0.184. The Morgan fingerprint density at radius 1 is 1.25 bits per heavy atom. The zero-order chi connectivity index (χ0) is 22.7. The minimum Gasteiger partial charge on any atom is -0.467 e. The zero-order valence-corrected chi connectivity index (χ0v) is 18.6. The molecule has 32 heavy (non-hydrogen) atoms. The van der Waals surface area contributed by atoms with Gasteiger partial charge in [0.25, 0.3) is 5.56 Å². The number of furan rings is 1. The van der Waals surface area contributed by atoms with Gasteiger partial charge in [0.05, 0.1) is 29.5 Å². The lowest BCUT2D eigenvalue weighted by Crippen LogP contribution is -2.42. The molecule has 0 unspecified atom stereocenters. The van der Waals surface area contributed by atoms with Gasteiger partial charge >= 0.3 is 5.97 Å². The van der Waals surface area contributed by atoms with E-state index in [0.717, 1.165) is 0 Å². The van der Waals surface area contributed by atoms with Crippen LogP contribution < -0.4 is 5.56 Å². The molecule has 4 rings (SSSR count). The third-order valence-electron chi connectivity index (χ3n) is 5.47. The maximum atomic E-state index is 13.1. The third-order valence-corrected chi connectivity index (χ3v) is 7.55. The Bertz CT molecular complexity index is 1270. The average Bonchev–Trinajstić information content (AvgIpc) is 3.47. The summed E-state index contributed by atoms with van der Waals surface area (Å²) in [6, 6.07) is 9.55. The van der Waals surface area contributed by atoms with Gasteiger partial charge in [-0.1, -0.05) is 19.1 Å². The smallest absolute Gasteiger partial charge is 0.324 e. The Kier molecular flexibility index (Phi) is 6.43. The minimum absolute atomic E-state index is 0.00824. The maximum Gasteiger partial charge on any atom is 0.324 e. The van der Waals surface area contributed by atoms with Gasteiger partial charge in [-0.15, -0.1) is 0 Å². The fraction of sp³-hybridized carbons (Fsp3) is 0.409. The molecule has 1 aliphatic rings. The molecule has 0 aliphatic carbocycles. The van der Waals surface area contributed by atoms with Gasteiger partial charge in [-0.2, -0.15) is 4.31 Å². The van der Waals surface area contributed by atoms with Crippen molar-refractivity contribution >= 4 is 26.9 Å². The largest absolute Gasteiger partial charge is 0.467 e. The summed E-state index contributed by atoms with van der Waals surface area (Å²) in [4.78, 5) is 30.4. The lowest BCUT2D eigenvalue weighted by molar-refractivity contribution is -0.149. The van der Waals surface area contributed by atoms with Crippen LogP contribution in [-0.4, -0.2) is 46.6 Å². The molecule has 0 bridgehead atoms. The number of benzene rings is 1. The van der Waals surface area contributed by atoms with Crippen molar-refractivity contribution in [1.29, 1.82) is 0 Å². The molecule has 1 fully saturated rings. The summed E-state index contributed by atoms with van der Waals surface area (Å²) in [5.41, 5.74) is 0.221. The Morgan fingerprint density at radius 2 is 2.06 bits per heavy atom. The van der Waals surface area contributed by atoms with Crippen molar-refractivity contribution in [3.63, 3.8) is 0 Å². The lowest BCUT2D eigenvalue weighted by Gasteiger charge is -2.22. The second-order valence-electron chi connectivity index (χ2n) is 7.71. The van der Waals surface area contributed by atoms with Crippen LogP contribution in [0.2, 0.25) is 0 Å². The number of carbonyl (C=O) groups excluding carboxylic acids is 1. The van der Waals surface area contributed by atoms with Crippen LogP contribution >= 0.6 is 0 Å². The third kappa shape index (κ3) is 4.46. The lowest BCUT2D eigenvalue weighted by atomic mass is 10.2. The summed E-state index contributed by atoms with van der Waals surface area (Å²) in [7, 11) is -3.52. The Balaban J connectivity index is 1.60. The van der Waals surface area contributed by atoms with Gasteiger partial charge in [-0.3, -0.25) is 14.2 Å². The molecule has 170 valence electrons. The Morgan fingerprint density at radius 3 is 2.81 bits per heavy atom. The summed E-state index contributed by atoms with van der Waals surface area (Å²) in [6.45, 7) is 1.97. The normalized spacial score (nSPS) is 17.1. The number of aromatic nitrogens is 2. The van der Waals surface area contributed by atoms with E-state index in [4.69, 9.17) is 9.15 Å². The Labute approximate surface area is 185 Å². The van der Waals surface area contributed by atoms with Crippen molar-refractivity contribution in [2.45, 2.75) is 45.4 Å². The van der Waals surface area contributed by atoms with Gasteiger partial charge in [0.15, 0.2) is 5.82 Å². The maximum absolute atomic E-state index is 13.1. The number of para-hydroxylation sites is 1. The predicted molar refractivity (Wildman–Crippen MR) is 117 cm³/mol. The highest BCUT2D eigenvalue weighted by Gasteiger charge is 2.39. The first-order chi connectivity index (χ1) is 15.4. The van der Waals surface area contributed by atoms with Gasteiger partial charge in [-0.05, 0) is 43.5 Å². The predicted octanol–water partition coefficient (Wildman–Crippen LogP) is 2.29. The van der Waals surface area contributed by atoms with E-state index in [1.807, 2.05) is 0 Å². The van der Waals surface area contributed by atoms with Crippen LogP contribution in [0.1, 0.15) is 37.8 Å². The molecular formula is C22H25N3O6S. The van der Waals surface area contributed by atoms with Crippen molar-refractivity contribution in [3.05, 3.63) is 64.6 Å². The highest BCUT2D eigenvalue weighted by molar-refractivity contribution is 7.89. The summed E-state index contributed by atoms with van der Waals surface area (Å²) < 4.78 is 38.5. The van der Waals surface area contributed by atoms with E-state index in [2.05, 4.69) is 4.98 Å². The molecule has 1 aromatic carbocycles. The van der Waals surface area contributed by atoms with E-state index < -0.39 is 22.0 Å². The molecule has 3 heterocycles.